The van der Waals surface area contributed by atoms with Gasteiger partial charge in [0.1, 0.15) is 5.75 Å². The first-order chi connectivity index (χ1) is 12.1. The Morgan fingerprint density at radius 3 is 2.52 bits per heavy atom. The van der Waals surface area contributed by atoms with Gasteiger partial charge in [-0.2, -0.15) is 0 Å². The van der Waals surface area contributed by atoms with Gasteiger partial charge in [-0.1, -0.05) is 23.7 Å². The Balaban J connectivity index is 1.59. The molecule has 25 heavy (non-hydrogen) atoms. The predicted molar refractivity (Wildman–Crippen MR) is 96.8 cm³/mol. The second kappa shape index (κ2) is 7.57. The Morgan fingerprint density at radius 2 is 1.88 bits per heavy atom. The second-order valence-corrected chi connectivity index (χ2v) is 6.38. The number of hydrogen-bond donors (Lipinski definition) is 1. The van der Waals surface area contributed by atoms with Crippen LogP contribution in [-0.4, -0.2) is 25.5 Å². The molecule has 1 N–H and O–H groups in total. The molecule has 2 aromatic rings. The predicted octanol–water partition coefficient (Wildman–Crippen LogP) is 3.02. The molecule has 0 aromatic heterocycles. The van der Waals surface area contributed by atoms with E-state index in [1.165, 1.54) is 0 Å². The average Bonchev–Trinajstić information content (AvgIpc) is 3.03. The molecule has 3 rings (SSSR count). The van der Waals surface area contributed by atoms with Crippen LogP contribution in [0.3, 0.4) is 0 Å². The molecule has 130 valence electrons. The van der Waals surface area contributed by atoms with Gasteiger partial charge in [0.05, 0.1) is 13.0 Å². The highest BCUT2D eigenvalue weighted by Gasteiger charge is 2.34. The SMILES string of the molecule is COc1ccc(N2C[C@H](C(=O)NCc3ccc(Cl)cc3)CC2=O)cc1. The first kappa shape index (κ1) is 17.3. The zero-order valence-corrected chi connectivity index (χ0v) is 14.6. The number of methoxy groups -OCH3 is 1. The van der Waals surface area contributed by atoms with Gasteiger partial charge in [-0.3, -0.25) is 9.59 Å². The lowest BCUT2D eigenvalue weighted by molar-refractivity contribution is -0.126. The van der Waals surface area contributed by atoms with E-state index in [2.05, 4.69) is 5.32 Å². The Hall–Kier alpha value is -2.53. The van der Waals surface area contributed by atoms with E-state index in [4.69, 9.17) is 16.3 Å². The molecule has 1 atom stereocenters. The van der Waals surface area contributed by atoms with Gasteiger partial charge in [-0.05, 0) is 42.0 Å². The van der Waals surface area contributed by atoms with Gasteiger partial charge in [-0.15, -0.1) is 0 Å². The summed E-state index contributed by atoms with van der Waals surface area (Å²) in [7, 11) is 1.59. The van der Waals surface area contributed by atoms with Gasteiger partial charge < -0.3 is 15.0 Å². The van der Waals surface area contributed by atoms with Crippen LogP contribution in [0.15, 0.2) is 48.5 Å². The van der Waals surface area contributed by atoms with Crippen LogP contribution in [0, 0.1) is 5.92 Å². The highest BCUT2D eigenvalue weighted by molar-refractivity contribution is 6.30. The summed E-state index contributed by atoms with van der Waals surface area (Å²) in [6.07, 6.45) is 0.221. The molecule has 2 aromatic carbocycles. The van der Waals surface area contributed by atoms with E-state index in [-0.39, 0.29) is 24.2 Å². The van der Waals surface area contributed by atoms with E-state index in [0.29, 0.717) is 18.1 Å². The number of ether oxygens (including phenoxy) is 1. The van der Waals surface area contributed by atoms with Crippen LogP contribution in [0.25, 0.3) is 0 Å². The number of carbonyl (C=O) groups excluding carboxylic acids is 2. The van der Waals surface area contributed by atoms with Crippen molar-refractivity contribution in [2.75, 3.05) is 18.6 Å². The standard InChI is InChI=1S/C19H19ClN2O3/c1-25-17-8-6-16(7-9-17)22-12-14(10-18(22)23)19(24)21-11-13-2-4-15(20)5-3-13/h2-9,14H,10-12H2,1H3,(H,21,24)/t14-/m1/s1. The van der Waals surface area contributed by atoms with Crippen molar-refractivity contribution in [1.82, 2.24) is 5.32 Å². The van der Waals surface area contributed by atoms with Crippen molar-refractivity contribution in [3.05, 3.63) is 59.1 Å². The molecule has 0 bridgehead atoms. The molecule has 1 heterocycles. The lowest BCUT2D eigenvalue weighted by Crippen LogP contribution is -2.32. The van der Waals surface area contributed by atoms with Gasteiger partial charge in [0.25, 0.3) is 0 Å². The van der Waals surface area contributed by atoms with E-state index in [1.54, 1.807) is 36.3 Å². The number of nitrogens with one attached hydrogen (secondary N) is 1. The van der Waals surface area contributed by atoms with Gasteiger partial charge >= 0.3 is 0 Å². The summed E-state index contributed by atoms with van der Waals surface area (Å²) in [6, 6.07) is 14.6. The van der Waals surface area contributed by atoms with Crippen molar-refractivity contribution < 1.29 is 14.3 Å². The first-order valence-corrected chi connectivity index (χ1v) is 8.41. The van der Waals surface area contributed by atoms with E-state index in [0.717, 1.165) is 17.0 Å². The van der Waals surface area contributed by atoms with Crippen molar-refractivity contribution in [2.24, 2.45) is 5.92 Å². The topological polar surface area (TPSA) is 58.6 Å². The van der Waals surface area contributed by atoms with Crippen LogP contribution < -0.4 is 15.0 Å². The van der Waals surface area contributed by atoms with E-state index >= 15 is 0 Å². The second-order valence-electron chi connectivity index (χ2n) is 5.95. The average molecular weight is 359 g/mol. The largest absolute Gasteiger partial charge is 0.497 e. The summed E-state index contributed by atoms with van der Waals surface area (Å²) in [5.41, 5.74) is 1.74. The zero-order valence-electron chi connectivity index (χ0n) is 13.9. The molecular formula is C19H19ClN2O3. The van der Waals surface area contributed by atoms with Crippen LogP contribution in [-0.2, 0) is 16.1 Å². The maximum atomic E-state index is 12.4. The van der Waals surface area contributed by atoms with Crippen LogP contribution in [0.4, 0.5) is 5.69 Å². The number of anilines is 1. The molecule has 0 unspecified atom stereocenters. The molecule has 1 aliphatic rings. The maximum absolute atomic E-state index is 12.4. The van der Waals surface area contributed by atoms with Gasteiger partial charge in [-0.25, -0.2) is 0 Å². The molecule has 0 saturated carbocycles. The van der Waals surface area contributed by atoms with E-state index in [1.807, 2.05) is 24.3 Å². The highest BCUT2D eigenvalue weighted by Crippen LogP contribution is 2.27. The molecule has 5 nitrogen and oxygen atoms in total. The highest BCUT2D eigenvalue weighted by atomic mass is 35.5. The third-order valence-corrected chi connectivity index (χ3v) is 4.51. The Kier molecular flexibility index (Phi) is 5.24. The van der Waals surface area contributed by atoms with E-state index in [9.17, 15) is 9.59 Å². The maximum Gasteiger partial charge on any atom is 0.227 e. The summed E-state index contributed by atoms with van der Waals surface area (Å²) in [6.45, 7) is 0.806. The number of nitrogens with zero attached hydrogens (tertiary/aromatic N) is 1. The molecular weight excluding hydrogens is 340 g/mol. The minimum atomic E-state index is -0.345. The number of benzene rings is 2. The Morgan fingerprint density at radius 1 is 1.20 bits per heavy atom. The normalized spacial score (nSPS) is 16.8. The van der Waals surface area contributed by atoms with Crippen molar-refractivity contribution in [3.8, 4) is 5.75 Å². The van der Waals surface area contributed by atoms with Gasteiger partial charge in [0.15, 0.2) is 0 Å². The summed E-state index contributed by atoms with van der Waals surface area (Å²) in [5, 5.41) is 3.55. The Bertz CT molecular complexity index is 759. The monoisotopic (exact) mass is 358 g/mol. The van der Waals surface area contributed by atoms with E-state index < -0.39 is 0 Å². The third-order valence-electron chi connectivity index (χ3n) is 4.26. The molecule has 0 aliphatic carbocycles. The van der Waals surface area contributed by atoms with Crippen LogP contribution >= 0.6 is 11.6 Å². The smallest absolute Gasteiger partial charge is 0.227 e. The molecule has 1 saturated heterocycles. The Labute approximate surface area is 151 Å². The number of hydrogen-bond acceptors (Lipinski definition) is 3. The summed E-state index contributed by atoms with van der Waals surface area (Å²) in [4.78, 5) is 26.3. The molecule has 2 amide bonds. The quantitative estimate of drug-likeness (QED) is 0.893. The van der Waals surface area contributed by atoms with Gasteiger partial charge in [0.2, 0.25) is 11.8 Å². The van der Waals surface area contributed by atoms with Crippen molar-refractivity contribution in [2.45, 2.75) is 13.0 Å². The third kappa shape index (κ3) is 4.12. The fourth-order valence-electron chi connectivity index (χ4n) is 2.83. The molecule has 1 fully saturated rings. The number of carbonyl (C=O) groups is 2. The summed E-state index contributed by atoms with van der Waals surface area (Å²) < 4.78 is 5.12. The molecule has 0 radical (unpaired) electrons. The first-order valence-electron chi connectivity index (χ1n) is 8.03. The van der Waals surface area contributed by atoms with Crippen molar-refractivity contribution >= 4 is 29.1 Å². The minimum Gasteiger partial charge on any atom is -0.497 e. The number of rotatable bonds is 5. The molecule has 1 aliphatic heterocycles. The number of amides is 2. The summed E-state index contributed by atoms with van der Waals surface area (Å²) in [5.74, 6) is 0.227. The van der Waals surface area contributed by atoms with Crippen molar-refractivity contribution in [3.63, 3.8) is 0 Å². The lowest BCUT2D eigenvalue weighted by atomic mass is 10.1. The number of halogens is 1. The molecule has 6 heteroatoms. The van der Waals surface area contributed by atoms with Crippen LogP contribution in [0.5, 0.6) is 5.75 Å². The van der Waals surface area contributed by atoms with Gasteiger partial charge in [0, 0.05) is 30.2 Å². The fraction of sp³-hybridized carbons (Fsp3) is 0.263. The fourth-order valence-corrected chi connectivity index (χ4v) is 2.96. The van der Waals surface area contributed by atoms with Crippen LogP contribution in [0.2, 0.25) is 5.02 Å². The zero-order chi connectivity index (χ0) is 17.8. The lowest BCUT2D eigenvalue weighted by Gasteiger charge is -2.17. The minimum absolute atomic E-state index is 0.0446. The molecule has 0 spiro atoms. The van der Waals surface area contributed by atoms with Crippen molar-refractivity contribution in [1.29, 1.82) is 0 Å². The summed E-state index contributed by atoms with van der Waals surface area (Å²) >= 11 is 5.85. The van der Waals surface area contributed by atoms with Crippen LogP contribution in [0.1, 0.15) is 12.0 Å².